The Labute approximate surface area is 177 Å². The van der Waals surface area contributed by atoms with E-state index in [9.17, 15) is 13.2 Å². The van der Waals surface area contributed by atoms with Crippen molar-refractivity contribution < 1.29 is 32.5 Å². The molecule has 0 amide bonds. The molecule has 0 bridgehead atoms. The van der Waals surface area contributed by atoms with Crippen molar-refractivity contribution in [2.24, 2.45) is 7.05 Å². The van der Waals surface area contributed by atoms with Gasteiger partial charge in [0.2, 0.25) is 0 Å². The van der Waals surface area contributed by atoms with Crippen molar-refractivity contribution in [2.75, 3.05) is 0 Å². The van der Waals surface area contributed by atoms with Crippen molar-refractivity contribution in [3.8, 4) is 0 Å². The smallest absolute Gasteiger partial charge is 0.184 e. The minimum atomic E-state index is -4.24. The second-order valence-electron chi connectivity index (χ2n) is 5.44. The van der Waals surface area contributed by atoms with Gasteiger partial charge in [0, 0.05) is 52.3 Å². The molecule has 0 saturated heterocycles. The molecule has 1 aliphatic rings. The van der Waals surface area contributed by atoms with Crippen LogP contribution in [0.5, 0.6) is 0 Å². The average molecular weight is 744 g/mol. The fraction of sp³-hybridized carbons (Fsp3) is 0.400. The van der Waals surface area contributed by atoms with E-state index in [0.29, 0.717) is 6.54 Å². The van der Waals surface area contributed by atoms with Crippen molar-refractivity contribution in [3.63, 3.8) is 0 Å². The number of imidazole rings is 1. The summed E-state index contributed by atoms with van der Waals surface area (Å²) in [5, 5.41) is 0. The molecule has 1 fully saturated rings. The predicted molar refractivity (Wildman–Crippen MR) is 99.9 cm³/mol. The third-order valence-electron chi connectivity index (χ3n) is 3.44. The number of hydrogen-bond acceptors (Lipinski definition) is 1. The van der Waals surface area contributed by atoms with Gasteiger partial charge in [0.05, 0.1) is 5.56 Å². The zero-order chi connectivity index (χ0) is 17.9. The van der Waals surface area contributed by atoms with Gasteiger partial charge in [-0.2, -0.15) is 14.5 Å². The fourth-order valence-electron chi connectivity index (χ4n) is 2.02. The third kappa shape index (κ3) is 6.25. The Bertz CT molecular complexity index is 719. The van der Waals surface area contributed by atoms with E-state index in [1.807, 2.05) is 1.33 Å². The van der Waals surface area contributed by atoms with Gasteiger partial charge < -0.3 is 0 Å². The number of rotatable bonds is 3. The Hall–Kier alpha value is 0.328. The summed E-state index contributed by atoms with van der Waals surface area (Å²) in [6.45, 7) is 0.624. The van der Waals surface area contributed by atoms with Crippen molar-refractivity contribution in [3.05, 3.63) is 51.6 Å². The molecule has 1 saturated carbocycles. The van der Waals surface area contributed by atoms with Crippen LogP contribution < -0.4 is 0 Å². The van der Waals surface area contributed by atoms with Crippen LogP contribution in [0.3, 0.4) is 0 Å². The molecular formula is C15H16F3I2N3Pt. The van der Waals surface area contributed by atoms with Gasteiger partial charge in [-0.05, 0) is 17.7 Å². The maximum Gasteiger partial charge on any atom is 0.416 e. The molecule has 0 unspecified atom stereocenters. The molecule has 1 heterocycles. The molecule has 9 heteroatoms. The third-order valence-corrected chi connectivity index (χ3v) is 5.51. The topological polar surface area (TPSA) is 13.1 Å². The van der Waals surface area contributed by atoms with E-state index in [-0.39, 0.29) is 0 Å². The summed E-state index contributed by atoms with van der Waals surface area (Å²) in [5.41, 5.74) is 0.261. The molecular weight excluding hydrogens is 728 g/mol. The summed E-state index contributed by atoms with van der Waals surface area (Å²) >= 11 is 6.50. The first-order valence-corrected chi connectivity index (χ1v) is 10.2. The van der Waals surface area contributed by atoms with Crippen LogP contribution in [0.15, 0.2) is 36.7 Å². The van der Waals surface area contributed by atoms with Crippen LogP contribution in [0.25, 0.3) is 0 Å². The van der Waals surface area contributed by atoms with E-state index in [1.165, 1.54) is 28.8 Å². The number of hydrogen-bond donors (Lipinski definition) is 0. The molecule has 0 N–H and O–H groups in total. The fourth-order valence-corrected chi connectivity index (χ4v) is 3.56. The van der Waals surface area contributed by atoms with Crippen molar-refractivity contribution in [2.45, 2.75) is 31.6 Å². The van der Waals surface area contributed by atoms with Gasteiger partial charge in [0.25, 0.3) is 0 Å². The van der Waals surface area contributed by atoms with Crippen LogP contribution in [0, 0.1) is 3.80 Å². The van der Waals surface area contributed by atoms with E-state index in [0.717, 1.165) is 23.7 Å². The number of nitrogens with zero attached hydrogens (tertiary/aromatic N) is 3. The van der Waals surface area contributed by atoms with Gasteiger partial charge in [-0.1, -0.05) is 12.1 Å². The minimum Gasteiger partial charge on any atom is -0.184 e. The largest absolute Gasteiger partial charge is 0.416 e. The predicted octanol–water partition coefficient (Wildman–Crippen LogP) is 5.45. The van der Waals surface area contributed by atoms with Gasteiger partial charge in [-0.25, -0.2) is 0 Å². The van der Waals surface area contributed by atoms with E-state index in [4.69, 9.17) is 0 Å². The molecule has 0 atom stereocenters. The van der Waals surface area contributed by atoms with Gasteiger partial charge in [0.1, 0.15) is 0 Å². The van der Waals surface area contributed by atoms with E-state index >= 15 is 0 Å². The summed E-state index contributed by atoms with van der Waals surface area (Å²) < 4.78 is 44.2. The number of benzene rings is 1. The van der Waals surface area contributed by atoms with Crippen LogP contribution in [0.4, 0.5) is 13.2 Å². The maximum absolute atomic E-state index is 12.2. The monoisotopic (exact) mass is 744 g/mol. The van der Waals surface area contributed by atoms with Crippen LogP contribution in [0.2, 0.25) is 0 Å². The van der Waals surface area contributed by atoms with Gasteiger partial charge in [-0.3, -0.25) is 0 Å². The van der Waals surface area contributed by atoms with E-state index < -0.39 is 11.7 Å². The summed E-state index contributed by atoms with van der Waals surface area (Å²) in [5.74, 6) is 0. The summed E-state index contributed by atoms with van der Waals surface area (Å²) in [6, 6.07) is 6.01. The number of alkyl halides is 3. The Balaban J connectivity index is 0.000000182. The molecule has 2 aromatic rings. The molecule has 136 valence electrons. The second-order valence-corrected chi connectivity index (χ2v) is 10.6. The molecule has 3 rings (SSSR count). The standard InChI is InChI=1S/C8H6F3I2N.C7H10N2.Pt/c9-8(10,11)7-3-1-6(2-4-7)5-14(12)13;1-8-4-5-9(6-8)7-2-3-7;/h1-4H,5H2;4-5,7H,2-3H2,1H3;. The first-order valence-electron chi connectivity index (χ1n) is 7.12. The molecule has 0 aliphatic heterocycles. The molecule has 0 radical (unpaired) electrons. The van der Waals surface area contributed by atoms with Crippen molar-refractivity contribution in [1.29, 1.82) is 0 Å². The Morgan fingerprint density at radius 2 is 1.75 bits per heavy atom. The van der Waals surface area contributed by atoms with Gasteiger partial charge >= 0.3 is 76.8 Å². The SMILES string of the molecule is Cn1ccn(C2CC2)[c]1=[Pt].FC(F)(F)c1ccc(CN(I)I)cc1. The quantitative estimate of drug-likeness (QED) is 0.302. The second kappa shape index (κ2) is 8.81. The van der Waals surface area contributed by atoms with E-state index in [2.05, 4.69) is 93.7 Å². The normalized spacial score (nSPS) is 14.5. The van der Waals surface area contributed by atoms with Crippen LogP contribution in [0.1, 0.15) is 30.0 Å². The molecule has 3 nitrogen and oxygen atoms in total. The molecule has 0 spiro atoms. The van der Waals surface area contributed by atoms with Crippen LogP contribution in [-0.2, 0) is 39.1 Å². The first-order chi connectivity index (χ1) is 11.2. The van der Waals surface area contributed by atoms with Gasteiger partial charge in [-0.15, -0.1) is 0 Å². The number of aromatic nitrogens is 2. The Morgan fingerprint density at radius 3 is 2.12 bits per heavy atom. The molecule has 1 aromatic heterocycles. The van der Waals surface area contributed by atoms with Crippen LogP contribution >= 0.6 is 45.7 Å². The number of aryl methyl sites for hydroxylation is 1. The zero-order valence-electron chi connectivity index (χ0n) is 12.7. The summed E-state index contributed by atoms with van der Waals surface area (Å²) in [6.07, 6.45) is 2.77. The molecule has 1 aliphatic carbocycles. The first kappa shape index (κ1) is 20.6. The maximum atomic E-state index is 12.2. The Morgan fingerprint density at radius 1 is 1.17 bits per heavy atom. The Kier molecular flexibility index (Phi) is 7.58. The number of halogens is 5. The van der Waals surface area contributed by atoms with E-state index in [1.54, 1.807) is 0 Å². The summed E-state index contributed by atoms with van der Waals surface area (Å²) in [7, 11) is 2.08. The molecule has 24 heavy (non-hydrogen) atoms. The van der Waals surface area contributed by atoms with Crippen molar-refractivity contribution >= 4 is 45.7 Å². The molecule has 1 aromatic carbocycles. The average Bonchev–Trinajstić information content (AvgIpc) is 3.26. The zero-order valence-corrected chi connectivity index (χ0v) is 19.3. The van der Waals surface area contributed by atoms with Gasteiger partial charge in [0.15, 0.2) is 0 Å². The van der Waals surface area contributed by atoms with Crippen molar-refractivity contribution in [1.82, 2.24) is 10.5 Å². The van der Waals surface area contributed by atoms with Crippen LogP contribution in [-0.4, -0.2) is 10.5 Å². The minimum absolute atomic E-state index is 0.602. The summed E-state index contributed by atoms with van der Waals surface area (Å²) in [4.78, 5) is 0.